The molecule has 3 aliphatic carbocycles. The molecule has 2 saturated heterocycles. The van der Waals surface area contributed by atoms with Crippen molar-refractivity contribution in [3.63, 3.8) is 0 Å². The maximum atomic E-state index is 14.0. The van der Waals surface area contributed by atoms with Crippen LogP contribution in [0.2, 0.25) is 0 Å². The van der Waals surface area contributed by atoms with Crippen LogP contribution in [-0.4, -0.2) is 94.4 Å². The van der Waals surface area contributed by atoms with Crippen molar-refractivity contribution in [1.82, 2.24) is 30.2 Å². The summed E-state index contributed by atoms with van der Waals surface area (Å²) in [6, 6.07) is 1.20. The van der Waals surface area contributed by atoms with E-state index in [1.165, 1.54) is 25.7 Å². The minimum absolute atomic E-state index is 0.0591. The number of aromatic nitrogens is 2. The van der Waals surface area contributed by atoms with Crippen molar-refractivity contribution in [3.05, 3.63) is 11.7 Å². The van der Waals surface area contributed by atoms with Crippen LogP contribution in [0.15, 0.2) is 4.52 Å². The number of carbonyl (C=O) groups is 1. The van der Waals surface area contributed by atoms with Gasteiger partial charge in [-0.1, -0.05) is 51.6 Å². The van der Waals surface area contributed by atoms with E-state index in [-0.39, 0.29) is 34.7 Å². The third-order valence-corrected chi connectivity index (χ3v) is 11.5. The van der Waals surface area contributed by atoms with Crippen LogP contribution in [0.4, 0.5) is 9.18 Å². The summed E-state index contributed by atoms with van der Waals surface area (Å²) in [4.78, 5) is 26.0. The summed E-state index contributed by atoms with van der Waals surface area (Å²) in [5, 5.41) is 7.97. The first-order chi connectivity index (χ1) is 19.1. The van der Waals surface area contributed by atoms with Crippen molar-refractivity contribution in [1.29, 1.82) is 0 Å². The molecule has 5 fully saturated rings. The zero-order chi connectivity index (χ0) is 28.2. The lowest BCUT2D eigenvalue weighted by Gasteiger charge is -2.52. The number of alkyl halides is 1. The quantitative estimate of drug-likeness (QED) is 0.532. The van der Waals surface area contributed by atoms with Crippen LogP contribution in [0.3, 0.4) is 0 Å². The van der Waals surface area contributed by atoms with E-state index in [1.807, 2.05) is 0 Å². The second-order valence-electron chi connectivity index (χ2n) is 14.8. The predicted octanol–water partition coefficient (Wildman–Crippen LogP) is 4.96. The highest BCUT2D eigenvalue weighted by molar-refractivity contribution is 5.75. The van der Waals surface area contributed by atoms with Crippen LogP contribution >= 0.6 is 0 Å². The van der Waals surface area contributed by atoms with Crippen molar-refractivity contribution in [2.24, 2.45) is 17.3 Å². The molecule has 6 atom stereocenters. The minimum atomic E-state index is -0.846. The van der Waals surface area contributed by atoms with E-state index in [4.69, 9.17) is 9.51 Å². The molecular formula is C31H51FN6O2. The third-order valence-electron chi connectivity index (χ3n) is 11.5. The van der Waals surface area contributed by atoms with Crippen molar-refractivity contribution in [2.75, 3.05) is 39.3 Å². The first-order valence-corrected chi connectivity index (χ1v) is 16.1. The maximum absolute atomic E-state index is 14.0. The highest BCUT2D eigenvalue weighted by Gasteiger charge is 2.51. The van der Waals surface area contributed by atoms with Crippen molar-refractivity contribution >= 4 is 6.03 Å². The minimum Gasteiger partial charge on any atom is -0.339 e. The second kappa shape index (κ2) is 10.8. The van der Waals surface area contributed by atoms with E-state index in [9.17, 15) is 9.18 Å². The summed E-state index contributed by atoms with van der Waals surface area (Å²) in [7, 11) is 0. The Morgan fingerprint density at radius 3 is 2.40 bits per heavy atom. The number of piperidine rings is 1. The molecule has 2 aliphatic heterocycles. The smallest absolute Gasteiger partial charge is 0.317 e. The summed E-state index contributed by atoms with van der Waals surface area (Å²) < 4.78 is 19.2. The summed E-state index contributed by atoms with van der Waals surface area (Å²) in [5.41, 5.74) is -0.198. The average Bonchev–Trinajstić information content (AvgIpc) is 3.40. The Kier molecular flexibility index (Phi) is 7.68. The zero-order valence-electron chi connectivity index (χ0n) is 25.4. The normalized spacial score (nSPS) is 37.4. The largest absolute Gasteiger partial charge is 0.339 e. The van der Waals surface area contributed by atoms with Gasteiger partial charge in [0.2, 0.25) is 5.89 Å². The number of amides is 2. The fraction of sp³-hybridized carbons (Fsp3) is 0.903. The number of halogens is 1. The molecule has 40 heavy (non-hydrogen) atoms. The number of hydrogen-bond acceptors (Lipinski definition) is 6. The number of urea groups is 1. The number of rotatable bonds is 6. The zero-order valence-corrected chi connectivity index (χ0v) is 25.4. The standard InChI is InChI=1S/C31H51FN6O2/c1-20(2)36-14-16-37(17-15-36)25-10-7-11-30(3,4)26(25)33-29(39)38-13-12-31(5,23(19-38)21-8-6-9-21)28-34-27(40-35-28)22-18-24(22)32/h20-26H,6-19H2,1-5H3,(H,33,39)/t22-,23?,24+,25?,26?,31?/m1/s1. The van der Waals surface area contributed by atoms with Crippen molar-refractivity contribution in [2.45, 2.75) is 122 Å². The molecule has 6 rings (SSSR count). The van der Waals surface area contributed by atoms with Crippen LogP contribution < -0.4 is 5.32 Å². The first kappa shape index (κ1) is 28.4. The fourth-order valence-electron chi connectivity index (χ4n) is 8.20. The maximum Gasteiger partial charge on any atom is 0.317 e. The van der Waals surface area contributed by atoms with Gasteiger partial charge in [-0.05, 0) is 56.8 Å². The molecular weight excluding hydrogens is 507 g/mol. The molecule has 224 valence electrons. The Hall–Kier alpha value is -1.74. The van der Waals surface area contributed by atoms with Crippen LogP contribution in [0.1, 0.15) is 104 Å². The van der Waals surface area contributed by atoms with E-state index in [2.05, 4.69) is 59.8 Å². The van der Waals surface area contributed by atoms with Gasteiger partial charge in [-0.3, -0.25) is 9.80 Å². The van der Waals surface area contributed by atoms with Gasteiger partial charge in [0.15, 0.2) is 5.82 Å². The second-order valence-corrected chi connectivity index (χ2v) is 14.8. The molecule has 1 aromatic rings. The lowest BCUT2D eigenvalue weighted by atomic mass is 9.60. The lowest BCUT2D eigenvalue weighted by molar-refractivity contribution is 0.00867. The summed E-state index contributed by atoms with van der Waals surface area (Å²) in [5.74, 6) is 1.79. The number of likely N-dealkylation sites (tertiary alicyclic amines) is 1. The van der Waals surface area contributed by atoms with Gasteiger partial charge >= 0.3 is 6.03 Å². The molecule has 4 unspecified atom stereocenters. The Bertz CT molecular complexity index is 1050. The molecule has 3 saturated carbocycles. The summed E-state index contributed by atoms with van der Waals surface area (Å²) in [6.45, 7) is 17.3. The van der Waals surface area contributed by atoms with E-state index >= 15 is 0 Å². The number of hydrogen-bond donors (Lipinski definition) is 1. The van der Waals surface area contributed by atoms with E-state index in [1.54, 1.807) is 0 Å². The highest BCUT2D eigenvalue weighted by atomic mass is 19.1. The fourth-order valence-corrected chi connectivity index (χ4v) is 8.20. The Labute approximate surface area is 239 Å². The first-order valence-electron chi connectivity index (χ1n) is 16.1. The molecule has 2 amide bonds. The van der Waals surface area contributed by atoms with Gasteiger partial charge in [-0.2, -0.15) is 4.98 Å². The molecule has 8 nitrogen and oxygen atoms in total. The van der Waals surface area contributed by atoms with Gasteiger partial charge in [0.25, 0.3) is 0 Å². The van der Waals surface area contributed by atoms with Crippen LogP contribution in [-0.2, 0) is 5.41 Å². The van der Waals surface area contributed by atoms with E-state index in [0.29, 0.717) is 42.7 Å². The van der Waals surface area contributed by atoms with Crippen LogP contribution in [0.25, 0.3) is 0 Å². The van der Waals surface area contributed by atoms with Crippen molar-refractivity contribution in [3.8, 4) is 0 Å². The molecule has 0 aromatic carbocycles. The van der Waals surface area contributed by atoms with E-state index < -0.39 is 6.17 Å². The van der Waals surface area contributed by atoms with Gasteiger partial charge in [0, 0.05) is 56.8 Å². The molecule has 3 heterocycles. The summed E-state index contributed by atoms with van der Waals surface area (Å²) >= 11 is 0. The Balaban J connectivity index is 1.15. The summed E-state index contributed by atoms with van der Waals surface area (Å²) in [6.07, 6.45) is 7.59. The highest BCUT2D eigenvalue weighted by Crippen LogP contribution is 2.49. The number of carbonyl (C=O) groups excluding carboxylic acids is 1. The van der Waals surface area contributed by atoms with Gasteiger partial charge in [0.1, 0.15) is 6.17 Å². The van der Waals surface area contributed by atoms with Crippen LogP contribution in [0, 0.1) is 17.3 Å². The molecule has 1 N–H and O–H groups in total. The lowest BCUT2D eigenvalue weighted by Crippen LogP contribution is -2.65. The number of nitrogens with one attached hydrogen (secondary N) is 1. The van der Waals surface area contributed by atoms with Gasteiger partial charge in [-0.15, -0.1) is 0 Å². The van der Waals surface area contributed by atoms with Crippen LogP contribution in [0.5, 0.6) is 0 Å². The SMILES string of the molecule is CC(C)N1CCN(C2CCCC(C)(C)C2NC(=O)N2CCC(C)(c3noc([C@@H]4C[C@@H]4F)n3)C(C3CCC3)C2)CC1. The number of nitrogens with zero attached hydrogens (tertiary/aromatic N) is 5. The van der Waals surface area contributed by atoms with E-state index in [0.717, 1.165) is 52.0 Å². The van der Waals surface area contributed by atoms with Gasteiger partial charge in [0.05, 0.1) is 12.0 Å². The average molecular weight is 559 g/mol. The van der Waals surface area contributed by atoms with Crippen molar-refractivity contribution < 1.29 is 13.7 Å². The molecule has 0 spiro atoms. The molecule has 0 bridgehead atoms. The van der Waals surface area contributed by atoms with Gasteiger partial charge in [-0.25, -0.2) is 9.18 Å². The van der Waals surface area contributed by atoms with Gasteiger partial charge < -0.3 is 14.7 Å². The molecule has 1 aromatic heterocycles. The molecule has 5 aliphatic rings. The topological polar surface area (TPSA) is 77.7 Å². The monoisotopic (exact) mass is 558 g/mol. The Morgan fingerprint density at radius 2 is 1.77 bits per heavy atom. The third kappa shape index (κ3) is 5.30. The molecule has 0 radical (unpaired) electrons. The Morgan fingerprint density at radius 1 is 1.05 bits per heavy atom. The number of piperazine rings is 1. The predicted molar refractivity (Wildman–Crippen MR) is 153 cm³/mol. The molecule has 9 heteroatoms.